The molecule has 0 aliphatic rings. The maximum atomic E-state index is 11.9. The van der Waals surface area contributed by atoms with Gasteiger partial charge in [0.2, 0.25) is 0 Å². The summed E-state index contributed by atoms with van der Waals surface area (Å²) in [6.07, 6.45) is 0. The normalized spacial score (nSPS) is 10.9. The Morgan fingerprint density at radius 2 is 1.60 bits per heavy atom. The quantitative estimate of drug-likeness (QED) is 0.443. The molecule has 4 rings (SSSR count). The Labute approximate surface area is 145 Å². The lowest BCUT2D eigenvalue weighted by Gasteiger charge is -2.02. The number of nitro groups is 1. The molecule has 0 spiro atoms. The summed E-state index contributed by atoms with van der Waals surface area (Å²) in [5.41, 5.74) is 1.05. The van der Waals surface area contributed by atoms with Gasteiger partial charge in [0.05, 0.1) is 20.8 Å². The molecule has 122 valence electrons. The summed E-state index contributed by atoms with van der Waals surface area (Å²) in [4.78, 5) is 24.4. The van der Waals surface area contributed by atoms with Gasteiger partial charge in [-0.05, 0) is 24.3 Å². The van der Waals surface area contributed by atoms with E-state index < -0.39 is 0 Å². The highest BCUT2D eigenvalue weighted by Crippen LogP contribution is 2.39. The summed E-state index contributed by atoms with van der Waals surface area (Å²) in [5.74, 6) is 0. The van der Waals surface area contributed by atoms with Gasteiger partial charge in [-0.1, -0.05) is 30.3 Å². The zero-order valence-electron chi connectivity index (χ0n) is 12.8. The maximum absolute atomic E-state index is 11.9. The summed E-state index contributed by atoms with van der Waals surface area (Å²) in [6.45, 7) is 0. The van der Waals surface area contributed by atoms with E-state index in [9.17, 15) is 14.9 Å². The lowest BCUT2D eigenvalue weighted by atomic mass is 10.1. The van der Waals surface area contributed by atoms with Crippen LogP contribution >= 0.6 is 11.3 Å². The maximum Gasteiger partial charge on any atom is 0.278 e. The van der Waals surface area contributed by atoms with E-state index in [4.69, 9.17) is 0 Å². The van der Waals surface area contributed by atoms with Crippen molar-refractivity contribution in [1.29, 1.82) is 0 Å². The number of H-pyrrole nitrogens is 1. The zero-order chi connectivity index (χ0) is 17.4. The molecule has 0 aliphatic heterocycles. The highest BCUT2D eigenvalue weighted by molar-refractivity contribution is 7.18. The summed E-state index contributed by atoms with van der Waals surface area (Å²) in [7, 11) is 0. The van der Waals surface area contributed by atoms with E-state index in [-0.39, 0.29) is 16.2 Å². The van der Waals surface area contributed by atoms with Crippen LogP contribution in [0.2, 0.25) is 0 Å². The number of nitro benzene ring substituents is 1. The largest absolute Gasteiger partial charge is 0.278 e. The van der Waals surface area contributed by atoms with Gasteiger partial charge in [-0.3, -0.25) is 14.9 Å². The van der Waals surface area contributed by atoms with Crippen LogP contribution in [0.15, 0.2) is 65.5 Å². The number of hydrogen-bond acceptors (Lipinski definition) is 5. The van der Waals surface area contributed by atoms with Gasteiger partial charge in [0.1, 0.15) is 5.69 Å². The SMILES string of the molecule is O=c1[nH]nc(-c2ccc(-c3ccccc3[N+](=O)[O-])s2)c2ccccc12. The van der Waals surface area contributed by atoms with Crippen LogP contribution in [-0.4, -0.2) is 15.1 Å². The van der Waals surface area contributed by atoms with E-state index in [2.05, 4.69) is 10.2 Å². The molecular formula is C18H11N3O3S. The van der Waals surface area contributed by atoms with Crippen molar-refractivity contribution in [2.45, 2.75) is 0 Å². The Kier molecular flexibility index (Phi) is 3.62. The molecule has 0 bridgehead atoms. The van der Waals surface area contributed by atoms with E-state index in [1.807, 2.05) is 24.3 Å². The average Bonchev–Trinajstić information content (AvgIpc) is 3.12. The second-order valence-electron chi connectivity index (χ2n) is 5.39. The number of benzene rings is 2. The summed E-state index contributed by atoms with van der Waals surface area (Å²) < 4.78 is 0. The number of aromatic nitrogens is 2. The number of hydrogen-bond donors (Lipinski definition) is 1. The Balaban J connectivity index is 1.88. The highest BCUT2D eigenvalue weighted by Gasteiger charge is 2.17. The van der Waals surface area contributed by atoms with Gasteiger partial charge in [0.25, 0.3) is 11.2 Å². The smallest absolute Gasteiger partial charge is 0.267 e. The fourth-order valence-electron chi connectivity index (χ4n) is 2.75. The second kappa shape index (κ2) is 5.95. The van der Waals surface area contributed by atoms with Crippen molar-refractivity contribution >= 4 is 27.8 Å². The first-order valence-corrected chi connectivity index (χ1v) is 8.28. The number of aromatic amines is 1. The summed E-state index contributed by atoms with van der Waals surface area (Å²) in [6, 6.07) is 17.6. The van der Waals surface area contributed by atoms with Crippen LogP contribution < -0.4 is 5.56 Å². The van der Waals surface area contributed by atoms with Crippen LogP contribution in [0.1, 0.15) is 0 Å². The van der Waals surface area contributed by atoms with Gasteiger partial charge in [0, 0.05) is 16.3 Å². The molecule has 0 saturated heterocycles. The Hall–Kier alpha value is -3.32. The molecule has 0 unspecified atom stereocenters. The first kappa shape index (κ1) is 15.2. The number of para-hydroxylation sites is 1. The van der Waals surface area contributed by atoms with Crippen molar-refractivity contribution < 1.29 is 4.92 Å². The van der Waals surface area contributed by atoms with Crippen molar-refractivity contribution in [3.8, 4) is 21.0 Å². The number of nitrogens with one attached hydrogen (secondary N) is 1. The summed E-state index contributed by atoms with van der Waals surface area (Å²) in [5, 5.41) is 19.3. The minimum atomic E-state index is -0.387. The molecule has 2 aromatic heterocycles. The third-order valence-corrected chi connectivity index (χ3v) is 5.03. The highest BCUT2D eigenvalue weighted by atomic mass is 32.1. The van der Waals surface area contributed by atoms with Crippen LogP contribution in [0.5, 0.6) is 0 Å². The molecule has 0 atom stereocenters. The van der Waals surface area contributed by atoms with Crippen molar-refractivity contribution in [3.63, 3.8) is 0 Å². The lowest BCUT2D eigenvalue weighted by molar-refractivity contribution is -0.384. The molecule has 0 amide bonds. The molecule has 0 aliphatic carbocycles. The van der Waals surface area contributed by atoms with Crippen molar-refractivity contribution in [1.82, 2.24) is 10.2 Å². The van der Waals surface area contributed by atoms with E-state index in [0.717, 1.165) is 15.1 Å². The predicted molar refractivity (Wildman–Crippen MR) is 97.8 cm³/mol. The standard InChI is InChI=1S/C18H11N3O3S/c22-18-12-6-2-1-5-11(12)17(19-20-18)16-10-9-15(25-16)13-7-3-4-8-14(13)21(23)24/h1-10H,(H,20,22). The number of fused-ring (bicyclic) bond motifs is 1. The van der Waals surface area contributed by atoms with Gasteiger partial charge >= 0.3 is 0 Å². The first-order chi connectivity index (χ1) is 12.1. The van der Waals surface area contributed by atoms with Gasteiger partial charge in [-0.25, -0.2) is 5.10 Å². The van der Waals surface area contributed by atoms with Crippen LogP contribution in [0.4, 0.5) is 5.69 Å². The number of rotatable bonds is 3. The Morgan fingerprint density at radius 3 is 2.40 bits per heavy atom. The van der Waals surface area contributed by atoms with Crippen LogP contribution in [-0.2, 0) is 0 Å². The fourth-order valence-corrected chi connectivity index (χ4v) is 3.80. The number of nitrogens with zero attached hydrogens (tertiary/aromatic N) is 2. The molecule has 2 aromatic carbocycles. The third-order valence-electron chi connectivity index (χ3n) is 3.90. The van der Waals surface area contributed by atoms with E-state index >= 15 is 0 Å². The second-order valence-corrected chi connectivity index (χ2v) is 6.47. The topological polar surface area (TPSA) is 88.9 Å². The molecule has 0 radical (unpaired) electrons. The van der Waals surface area contributed by atoms with E-state index in [1.165, 1.54) is 17.4 Å². The minimum absolute atomic E-state index is 0.0650. The molecule has 6 nitrogen and oxygen atoms in total. The minimum Gasteiger partial charge on any atom is -0.267 e. The molecular weight excluding hydrogens is 338 g/mol. The molecule has 25 heavy (non-hydrogen) atoms. The Bertz CT molecular complexity index is 1160. The molecule has 1 N–H and O–H groups in total. The zero-order valence-corrected chi connectivity index (χ0v) is 13.6. The van der Waals surface area contributed by atoms with Crippen molar-refractivity contribution in [2.75, 3.05) is 0 Å². The molecule has 7 heteroatoms. The first-order valence-electron chi connectivity index (χ1n) is 7.46. The summed E-state index contributed by atoms with van der Waals surface area (Å²) >= 11 is 1.40. The van der Waals surface area contributed by atoms with Gasteiger partial charge in [-0.2, -0.15) is 5.10 Å². The van der Waals surface area contributed by atoms with E-state index in [0.29, 0.717) is 16.6 Å². The average molecular weight is 349 g/mol. The lowest BCUT2D eigenvalue weighted by Crippen LogP contribution is -2.08. The number of thiophene rings is 1. The molecule has 2 heterocycles. The van der Waals surface area contributed by atoms with Crippen LogP contribution in [0.3, 0.4) is 0 Å². The molecule has 0 fully saturated rings. The molecule has 0 saturated carbocycles. The fraction of sp³-hybridized carbons (Fsp3) is 0. The van der Waals surface area contributed by atoms with Gasteiger partial charge in [-0.15, -0.1) is 11.3 Å². The Morgan fingerprint density at radius 1 is 0.920 bits per heavy atom. The monoisotopic (exact) mass is 349 g/mol. The van der Waals surface area contributed by atoms with Gasteiger partial charge < -0.3 is 0 Å². The molecule has 4 aromatic rings. The van der Waals surface area contributed by atoms with Crippen molar-refractivity contribution in [2.24, 2.45) is 0 Å². The van der Waals surface area contributed by atoms with Crippen LogP contribution in [0.25, 0.3) is 31.8 Å². The predicted octanol–water partition coefficient (Wildman–Crippen LogP) is 4.23. The third kappa shape index (κ3) is 2.60. The van der Waals surface area contributed by atoms with Gasteiger partial charge in [0.15, 0.2) is 0 Å². The van der Waals surface area contributed by atoms with Crippen molar-refractivity contribution in [3.05, 3.63) is 81.1 Å². The van der Waals surface area contributed by atoms with Crippen LogP contribution in [0, 0.1) is 10.1 Å². The van der Waals surface area contributed by atoms with E-state index in [1.54, 1.807) is 30.3 Å².